The molecule has 0 saturated carbocycles. The molecule has 1 saturated heterocycles. The van der Waals surface area contributed by atoms with E-state index in [2.05, 4.69) is 14.9 Å². The fourth-order valence-electron chi connectivity index (χ4n) is 2.03. The Morgan fingerprint density at radius 3 is 3.18 bits per heavy atom. The van der Waals surface area contributed by atoms with Crippen molar-refractivity contribution in [3.8, 4) is 0 Å². The molecule has 0 bridgehead atoms. The largest absolute Gasteiger partial charge is 0.396 e. The smallest absolute Gasteiger partial charge is 0.225 e. The van der Waals surface area contributed by atoms with E-state index in [4.69, 9.17) is 18.0 Å². The van der Waals surface area contributed by atoms with Gasteiger partial charge in [-0.15, -0.1) is 0 Å². The number of aliphatic hydroxyl groups is 1. The Morgan fingerprint density at radius 1 is 1.65 bits per heavy atom. The number of nitrogens with two attached hydrogens (primary N) is 1. The molecule has 0 spiro atoms. The molecule has 0 radical (unpaired) electrons. The summed E-state index contributed by atoms with van der Waals surface area (Å²) in [7, 11) is 0. The summed E-state index contributed by atoms with van der Waals surface area (Å²) in [4.78, 5) is 10.9. The molecule has 5 nitrogen and oxygen atoms in total. The van der Waals surface area contributed by atoms with Crippen LogP contribution >= 0.6 is 12.2 Å². The number of piperidine rings is 1. The van der Waals surface area contributed by atoms with Gasteiger partial charge in [-0.2, -0.15) is 0 Å². The van der Waals surface area contributed by atoms with Crippen LogP contribution in [-0.2, 0) is 0 Å². The number of aliphatic hydroxyl groups excluding tert-OH is 1. The van der Waals surface area contributed by atoms with Crippen molar-refractivity contribution >= 4 is 23.2 Å². The Hall–Kier alpha value is -1.27. The van der Waals surface area contributed by atoms with Gasteiger partial charge in [-0.05, 0) is 24.8 Å². The number of nitrogens with zero attached hydrogens (tertiary/aromatic N) is 3. The number of anilines is 1. The highest BCUT2D eigenvalue weighted by atomic mass is 32.1. The molecule has 2 heterocycles. The van der Waals surface area contributed by atoms with Crippen molar-refractivity contribution in [2.75, 3.05) is 24.6 Å². The minimum atomic E-state index is 0.214. The van der Waals surface area contributed by atoms with E-state index < -0.39 is 0 Å². The highest BCUT2D eigenvalue weighted by molar-refractivity contribution is 7.80. The Balaban J connectivity index is 2.16. The maximum Gasteiger partial charge on any atom is 0.225 e. The van der Waals surface area contributed by atoms with Crippen LogP contribution < -0.4 is 10.6 Å². The van der Waals surface area contributed by atoms with E-state index in [1.54, 1.807) is 12.3 Å². The second-order valence-corrected chi connectivity index (χ2v) is 4.68. The summed E-state index contributed by atoms with van der Waals surface area (Å²) in [5.41, 5.74) is 6.14. The zero-order valence-electron chi connectivity index (χ0n) is 9.54. The highest BCUT2D eigenvalue weighted by Crippen LogP contribution is 2.19. The number of hydrogen-bond acceptors (Lipinski definition) is 5. The van der Waals surface area contributed by atoms with Gasteiger partial charge in [-0.1, -0.05) is 12.2 Å². The molecule has 92 valence electrons. The first-order chi connectivity index (χ1) is 8.20. The maximum absolute atomic E-state index is 9.19. The SMILES string of the molecule is NC(=S)c1ccnc(N2CCCC(CO)C2)n1. The molecule has 1 aromatic heterocycles. The number of aromatic nitrogens is 2. The van der Waals surface area contributed by atoms with Gasteiger partial charge in [-0.3, -0.25) is 0 Å². The maximum atomic E-state index is 9.19. The third-order valence-corrected chi connectivity index (χ3v) is 3.16. The van der Waals surface area contributed by atoms with Crippen LogP contribution in [0.5, 0.6) is 0 Å². The molecule has 0 aliphatic carbocycles. The molecular formula is C11H16N4OS. The lowest BCUT2D eigenvalue weighted by molar-refractivity contribution is 0.208. The van der Waals surface area contributed by atoms with Crippen molar-refractivity contribution in [1.29, 1.82) is 0 Å². The molecule has 6 heteroatoms. The molecule has 3 N–H and O–H groups in total. The van der Waals surface area contributed by atoms with Crippen molar-refractivity contribution in [2.45, 2.75) is 12.8 Å². The topological polar surface area (TPSA) is 75.3 Å². The van der Waals surface area contributed by atoms with Crippen molar-refractivity contribution in [1.82, 2.24) is 9.97 Å². The van der Waals surface area contributed by atoms with Gasteiger partial charge < -0.3 is 15.7 Å². The lowest BCUT2D eigenvalue weighted by Gasteiger charge is -2.31. The summed E-state index contributed by atoms with van der Waals surface area (Å²) in [6, 6.07) is 1.71. The normalized spacial score (nSPS) is 20.3. The molecule has 1 aliphatic heterocycles. The van der Waals surface area contributed by atoms with Gasteiger partial charge in [0.05, 0.1) is 0 Å². The Morgan fingerprint density at radius 2 is 2.47 bits per heavy atom. The quantitative estimate of drug-likeness (QED) is 0.755. The predicted molar refractivity (Wildman–Crippen MR) is 69.9 cm³/mol. The zero-order valence-corrected chi connectivity index (χ0v) is 10.4. The third kappa shape index (κ3) is 2.89. The Bertz CT molecular complexity index is 412. The van der Waals surface area contributed by atoms with Crippen LogP contribution in [0.3, 0.4) is 0 Å². The molecule has 0 amide bonds. The third-order valence-electron chi connectivity index (χ3n) is 2.96. The molecule has 2 rings (SSSR count). The average Bonchev–Trinajstić information content (AvgIpc) is 2.39. The summed E-state index contributed by atoms with van der Waals surface area (Å²) < 4.78 is 0. The molecular weight excluding hydrogens is 236 g/mol. The standard InChI is InChI=1S/C11H16N4OS/c12-10(17)9-3-4-13-11(14-9)15-5-1-2-8(6-15)7-16/h3-4,8,16H,1-2,5-7H2,(H2,12,17). The molecule has 1 fully saturated rings. The van der Waals surface area contributed by atoms with Gasteiger partial charge in [0, 0.05) is 25.9 Å². The number of thiocarbonyl (C=S) groups is 1. The molecule has 0 aromatic carbocycles. The fourth-order valence-corrected chi connectivity index (χ4v) is 2.15. The fraction of sp³-hybridized carbons (Fsp3) is 0.545. The Kier molecular flexibility index (Phi) is 3.86. The van der Waals surface area contributed by atoms with Crippen molar-refractivity contribution in [2.24, 2.45) is 11.7 Å². The van der Waals surface area contributed by atoms with Gasteiger partial charge in [-0.25, -0.2) is 9.97 Å². The second-order valence-electron chi connectivity index (χ2n) is 4.24. The van der Waals surface area contributed by atoms with E-state index in [1.807, 2.05) is 0 Å². The van der Waals surface area contributed by atoms with Crippen LogP contribution in [0.4, 0.5) is 5.95 Å². The number of hydrogen-bond donors (Lipinski definition) is 2. The van der Waals surface area contributed by atoms with E-state index in [0.29, 0.717) is 17.6 Å². The summed E-state index contributed by atoms with van der Waals surface area (Å²) in [6.45, 7) is 1.92. The predicted octanol–water partition coefficient (Wildman–Crippen LogP) is 0.319. The van der Waals surface area contributed by atoms with Crippen LogP contribution in [0.1, 0.15) is 18.5 Å². The minimum Gasteiger partial charge on any atom is -0.396 e. The summed E-state index contributed by atoms with van der Waals surface area (Å²) in [6.07, 6.45) is 3.77. The van der Waals surface area contributed by atoms with Crippen LogP contribution in [0.25, 0.3) is 0 Å². The molecule has 17 heavy (non-hydrogen) atoms. The van der Waals surface area contributed by atoms with Gasteiger partial charge >= 0.3 is 0 Å². The van der Waals surface area contributed by atoms with E-state index in [1.165, 1.54) is 0 Å². The van der Waals surface area contributed by atoms with E-state index in [-0.39, 0.29) is 11.6 Å². The summed E-state index contributed by atoms with van der Waals surface area (Å²) in [5, 5.41) is 9.19. The first-order valence-electron chi connectivity index (χ1n) is 5.69. The lowest BCUT2D eigenvalue weighted by Crippen LogP contribution is -2.38. The first-order valence-corrected chi connectivity index (χ1v) is 6.10. The first kappa shape index (κ1) is 12.2. The van der Waals surface area contributed by atoms with E-state index >= 15 is 0 Å². The van der Waals surface area contributed by atoms with Gasteiger partial charge in [0.2, 0.25) is 5.95 Å². The highest BCUT2D eigenvalue weighted by Gasteiger charge is 2.21. The second kappa shape index (κ2) is 5.37. The summed E-state index contributed by atoms with van der Waals surface area (Å²) >= 11 is 4.90. The van der Waals surface area contributed by atoms with Crippen LogP contribution in [0.15, 0.2) is 12.3 Å². The Labute approximate surface area is 106 Å². The molecule has 1 unspecified atom stereocenters. The van der Waals surface area contributed by atoms with E-state index in [9.17, 15) is 5.11 Å². The van der Waals surface area contributed by atoms with E-state index in [0.717, 1.165) is 25.9 Å². The zero-order chi connectivity index (χ0) is 12.3. The van der Waals surface area contributed by atoms with Crippen molar-refractivity contribution in [3.63, 3.8) is 0 Å². The van der Waals surface area contributed by atoms with Gasteiger partial charge in [0.1, 0.15) is 10.7 Å². The van der Waals surface area contributed by atoms with Crippen LogP contribution in [0.2, 0.25) is 0 Å². The summed E-state index contributed by atoms with van der Waals surface area (Å²) in [5.74, 6) is 0.953. The van der Waals surface area contributed by atoms with Crippen LogP contribution in [0, 0.1) is 5.92 Å². The minimum absolute atomic E-state index is 0.214. The number of rotatable bonds is 3. The van der Waals surface area contributed by atoms with Gasteiger partial charge in [0.15, 0.2) is 0 Å². The van der Waals surface area contributed by atoms with Crippen molar-refractivity contribution < 1.29 is 5.11 Å². The molecule has 1 atom stereocenters. The monoisotopic (exact) mass is 252 g/mol. The van der Waals surface area contributed by atoms with Crippen molar-refractivity contribution in [3.05, 3.63) is 18.0 Å². The van der Waals surface area contributed by atoms with Crippen LogP contribution in [-0.4, -0.2) is 39.8 Å². The average molecular weight is 252 g/mol. The lowest BCUT2D eigenvalue weighted by atomic mass is 9.99. The molecule has 1 aliphatic rings. The van der Waals surface area contributed by atoms with Gasteiger partial charge in [0.25, 0.3) is 0 Å². The molecule has 1 aromatic rings.